The van der Waals surface area contributed by atoms with Crippen LogP contribution in [0.25, 0.3) is 71.4 Å². The molecule has 2 aliphatic rings. The van der Waals surface area contributed by atoms with Crippen molar-refractivity contribution >= 4 is 66.8 Å². The molecule has 52 heavy (non-hydrogen) atoms. The van der Waals surface area contributed by atoms with Crippen molar-refractivity contribution in [1.82, 2.24) is 5.32 Å². The molecule has 3 nitrogen and oxygen atoms in total. The summed E-state index contributed by atoms with van der Waals surface area (Å²) in [5, 5.41) is 11.0. The molecule has 0 aliphatic carbocycles. The average Bonchev–Trinajstić information content (AvgIpc) is 3.79. The molecule has 2 aliphatic heterocycles. The Morgan fingerprint density at radius 3 is 2.10 bits per heavy atom. The first-order chi connectivity index (χ1) is 25.8. The van der Waals surface area contributed by atoms with Crippen molar-refractivity contribution < 1.29 is 4.42 Å². The molecule has 1 atom stereocenters. The molecule has 11 rings (SSSR count). The highest BCUT2D eigenvalue weighted by molar-refractivity contribution is 8.03. The van der Waals surface area contributed by atoms with E-state index in [0.717, 1.165) is 50.2 Å². The highest BCUT2D eigenvalue weighted by Gasteiger charge is 2.35. The molecule has 244 valence electrons. The van der Waals surface area contributed by atoms with Crippen molar-refractivity contribution in [2.24, 2.45) is 4.99 Å². The molecule has 9 aromatic rings. The van der Waals surface area contributed by atoms with Crippen molar-refractivity contribution in [2.45, 2.75) is 10.9 Å². The van der Waals surface area contributed by atoms with Crippen LogP contribution in [-0.4, -0.2) is 5.84 Å². The molecule has 0 amide bonds. The van der Waals surface area contributed by atoms with Crippen LogP contribution < -0.4 is 5.32 Å². The van der Waals surface area contributed by atoms with Gasteiger partial charge in [-0.1, -0.05) is 151 Å². The lowest BCUT2D eigenvalue weighted by Gasteiger charge is -2.25. The molecule has 1 N–H and O–H groups in total. The highest BCUT2D eigenvalue weighted by atomic mass is 32.2. The molecule has 0 saturated heterocycles. The fraction of sp³-hybridized carbons (Fsp3) is 0.0208. The largest absolute Gasteiger partial charge is 0.456 e. The summed E-state index contributed by atoms with van der Waals surface area (Å²) in [5.74, 6) is 0.853. The summed E-state index contributed by atoms with van der Waals surface area (Å²) in [7, 11) is 0. The summed E-state index contributed by atoms with van der Waals surface area (Å²) in [6.07, 6.45) is 0. The Bertz CT molecular complexity index is 2960. The zero-order valence-corrected chi connectivity index (χ0v) is 28.8. The zero-order chi connectivity index (χ0) is 34.2. The highest BCUT2D eigenvalue weighted by Crippen LogP contribution is 2.52. The number of aliphatic imine (C=N–C) groups is 1. The Morgan fingerprint density at radius 2 is 1.21 bits per heavy atom. The van der Waals surface area contributed by atoms with E-state index in [9.17, 15) is 0 Å². The number of hydrogen-bond acceptors (Lipinski definition) is 4. The van der Waals surface area contributed by atoms with Crippen LogP contribution in [0.4, 0.5) is 0 Å². The van der Waals surface area contributed by atoms with E-state index in [4.69, 9.17) is 9.41 Å². The van der Waals surface area contributed by atoms with Crippen molar-refractivity contribution in [1.29, 1.82) is 0 Å². The predicted molar refractivity (Wildman–Crippen MR) is 218 cm³/mol. The standard InChI is InChI=1S/C48H30N2OS/c1-2-11-29(12-3-1)30-21-23-31(24-22-30)45-47-46(38-17-8-9-20-43(38)52-47)50-48(49-45)39-18-10-19-41-44(39)37-26-25-33(28-42(37)51-41)40-27-32-13-4-5-14-34(32)35-15-6-7-16-36(35)40/h1-28,46H,(H,49,50). The molecular formula is C48H30N2OS. The van der Waals surface area contributed by atoms with Crippen LogP contribution in [0.2, 0.25) is 0 Å². The van der Waals surface area contributed by atoms with Gasteiger partial charge in [-0.25, -0.2) is 4.99 Å². The molecule has 0 radical (unpaired) electrons. The van der Waals surface area contributed by atoms with Gasteiger partial charge < -0.3 is 9.73 Å². The van der Waals surface area contributed by atoms with E-state index in [2.05, 4.69) is 175 Å². The van der Waals surface area contributed by atoms with Gasteiger partial charge in [0.2, 0.25) is 0 Å². The van der Waals surface area contributed by atoms with Crippen LogP contribution in [0.1, 0.15) is 22.7 Å². The second kappa shape index (κ2) is 11.6. The maximum Gasteiger partial charge on any atom is 0.136 e. The molecule has 0 fully saturated rings. The van der Waals surface area contributed by atoms with Crippen molar-refractivity contribution in [3.05, 3.63) is 191 Å². The third kappa shape index (κ3) is 4.58. The number of rotatable bonds is 4. The van der Waals surface area contributed by atoms with Gasteiger partial charge in [-0.3, -0.25) is 0 Å². The lowest BCUT2D eigenvalue weighted by atomic mass is 9.92. The van der Waals surface area contributed by atoms with E-state index in [1.165, 1.54) is 53.6 Å². The van der Waals surface area contributed by atoms with E-state index in [1.54, 1.807) is 0 Å². The van der Waals surface area contributed by atoms with Crippen LogP contribution in [0.3, 0.4) is 0 Å². The fourth-order valence-electron chi connectivity index (χ4n) is 8.07. The molecule has 1 aromatic heterocycles. The quantitative estimate of drug-likeness (QED) is 0.188. The molecule has 0 saturated carbocycles. The summed E-state index contributed by atoms with van der Waals surface area (Å²) in [5.41, 5.74) is 10.9. The molecule has 4 heteroatoms. The normalized spacial score (nSPS) is 15.2. The number of furan rings is 1. The molecule has 3 heterocycles. The summed E-state index contributed by atoms with van der Waals surface area (Å²) < 4.78 is 6.66. The van der Waals surface area contributed by atoms with Crippen LogP contribution in [0.15, 0.2) is 189 Å². The Morgan fingerprint density at radius 1 is 0.500 bits per heavy atom. The minimum absolute atomic E-state index is 0.0127. The summed E-state index contributed by atoms with van der Waals surface area (Å²) in [4.78, 5) is 7.94. The van der Waals surface area contributed by atoms with Gasteiger partial charge in [-0.15, -0.1) is 0 Å². The smallest absolute Gasteiger partial charge is 0.136 e. The number of amidine groups is 1. The SMILES string of the molecule is c1ccc(-c2ccc(C3=C4Sc5ccccc5C4NC(c4cccc5oc6cc(-c7cc8ccccc8c8ccccc78)ccc6c45)=N3)cc2)cc1. The monoisotopic (exact) mass is 682 g/mol. The van der Waals surface area contributed by atoms with Gasteiger partial charge in [0.05, 0.1) is 11.7 Å². The van der Waals surface area contributed by atoms with Gasteiger partial charge in [-0.2, -0.15) is 0 Å². The van der Waals surface area contributed by atoms with Crippen LogP contribution in [-0.2, 0) is 0 Å². The van der Waals surface area contributed by atoms with Crippen molar-refractivity contribution in [3.8, 4) is 22.3 Å². The van der Waals surface area contributed by atoms with E-state index < -0.39 is 0 Å². The first-order valence-corrected chi connectivity index (χ1v) is 18.5. The topological polar surface area (TPSA) is 37.5 Å². The van der Waals surface area contributed by atoms with Gasteiger partial charge in [-0.05, 0) is 79.7 Å². The van der Waals surface area contributed by atoms with E-state index in [1.807, 2.05) is 11.8 Å². The lowest BCUT2D eigenvalue weighted by Crippen LogP contribution is -2.32. The lowest BCUT2D eigenvalue weighted by molar-refractivity contribution is 0.669. The molecule has 8 aromatic carbocycles. The number of thioether (sulfide) groups is 1. The Kier molecular flexibility index (Phi) is 6.55. The van der Waals surface area contributed by atoms with Crippen LogP contribution in [0, 0.1) is 0 Å². The minimum Gasteiger partial charge on any atom is -0.456 e. The minimum atomic E-state index is 0.0127. The van der Waals surface area contributed by atoms with E-state index in [-0.39, 0.29) is 6.04 Å². The number of nitrogens with zero attached hydrogens (tertiary/aromatic N) is 1. The molecule has 0 spiro atoms. The average molecular weight is 683 g/mol. The third-order valence-electron chi connectivity index (χ3n) is 10.5. The summed E-state index contributed by atoms with van der Waals surface area (Å²) in [6.45, 7) is 0. The van der Waals surface area contributed by atoms with Crippen LogP contribution >= 0.6 is 11.8 Å². The van der Waals surface area contributed by atoms with Crippen molar-refractivity contribution in [3.63, 3.8) is 0 Å². The Labute approximate surface area is 305 Å². The Balaban J connectivity index is 1.06. The maximum absolute atomic E-state index is 6.66. The van der Waals surface area contributed by atoms with E-state index in [0.29, 0.717) is 0 Å². The number of benzene rings is 8. The zero-order valence-electron chi connectivity index (χ0n) is 28.0. The number of nitrogens with one attached hydrogen (secondary N) is 1. The number of hydrogen-bond donors (Lipinski definition) is 1. The summed E-state index contributed by atoms with van der Waals surface area (Å²) >= 11 is 1.82. The maximum atomic E-state index is 6.66. The van der Waals surface area contributed by atoms with Gasteiger partial charge >= 0.3 is 0 Å². The van der Waals surface area contributed by atoms with Crippen molar-refractivity contribution in [2.75, 3.05) is 0 Å². The predicted octanol–water partition coefficient (Wildman–Crippen LogP) is 12.8. The van der Waals surface area contributed by atoms with Gasteiger partial charge in [0.25, 0.3) is 0 Å². The molecule has 0 bridgehead atoms. The Hall–Kier alpha value is -6.36. The summed E-state index contributed by atoms with van der Waals surface area (Å²) in [6, 6.07) is 60.7. The third-order valence-corrected chi connectivity index (χ3v) is 11.8. The second-order valence-electron chi connectivity index (χ2n) is 13.5. The molecular weight excluding hydrogens is 653 g/mol. The first-order valence-electron chi connectivity index (χ1n) is 17.7. The number of fused-ring (bicyclic) bond motifs is 9. The fourth-order valence-corrected chi connectivity index (χ4v) is 9.33. The van der Waals surface area contributed by atoms with Gasteiger partial charge in [0.1, 0.15) is 17.0 Å². The molecule has 1 unspecified atom stereocenters. The van der Waals surface area contributed by atoms with Crippen LogP contribution in [0.5, 0.6) is 0 Å². The van der Waals surface area contributed by atoms with E-state index >= 15 is 0 Å². The first kappa shape index (κ1) is 29.4. The van der Waals surface area contributed by atoms with Gasteiger partial charge in [0.15, 0.2) is 0 Å². The second-order valence-corrected chi connectivity index (χ2v) is 14.6. The van der Waals surface area contributed by atoms with Gasteiger partial charge in [0, 0.05) is 31.7 Å².